The number of nitrogens with one attached hydrogen (secondary N) is 1. The lowest BCUT2D eigenvalue weighted by atomic mass is 10.2. The predicted octanol–water partition coefficient (Wildman–Crippen LogP) is 3.18. The Hall–Kier alpha value is -2.49. The van der Waals surface area contributed by atoms with Crippen LogP contribution in [0.25, 0.3) is 0 Å². The number of hydrazone groups is 1. The molecule has 0 spiro atoms. The van der Waals surface area contributed by atoms with Gasteiger partial charge in [0.25, 0.3) is 5.91 Å². The molecule has 0 radical (unpaired) electrons. The molecule has 0 unspecified atom stereocenters. The molecule has 0 saturated carbocycles. The molecule has 0 heterocycles. The van der Waals surface area contributed by atoms with Crippen molar-refractivity contribution in [1.29, 1.82) is 0 Å². The molecule has 2 rings (SSSR count). The minimum Gasteiger partial charge on any atom is -0.504 e. The van der Waals surface area contributed by atoms with Gasteiger partial charge in [0.15, 0.2) is 11.5 Å². The zero-order valence-electron chi connectivity index (χ0n) is 14.6. The third-order valence-corrected chi connectivity index (χ3v) is 4.21. The number of rotatable bonds is 7. The molecule has 0 bridgehead atoms. The first-order valence-electron chi connectivity index (χ1n) is 7.70. The third kappa shape index (κ3) is 4.78. The van der Waals surface area contributed by atoms with Crippen LogP contribution < -0.4 is 19.6 Å². The maximum Gasteiger partial charge on any atom is 0.275 e. The molecule has 2 aromatic rings. The monoisotopic (exact) mass is 470 g/mol. The Labute approximate surface area is 165 Å². The fourth-order valence-corrected chi connectivity index (χ4v) is 2.77. The van der Waals surface area contributed by atoms with Crippen molar-refractivity contribution in [3.8, 4) is 23.0 Å². The lowest BCUT2D eigenvalue weighted by Crippen LogP contribution is -2.18. The Morgan fingerprint density at radius 1 is 1.23 bits per heavy atom. The summed E-state index contributed by atoms with van der Waals surface area (Å²) in [7, 11) is 3.01. The van der Waals surface area contributed by atoms with Crippen molar-refractivity contribution < 1.29 is 24.1 Å². The minimum absolute atomic E-state index is 0.0802. The number of hydrogen-bond donors (Lipinski definition) is 2. The molecule has 0 aliphatic heterocycles. The number of amides is 1. The van der Waals surface area contributed by atoms with Gasteiger partial charge in [-0.25, -0.2) is 5.43 Å². The van der Waals surface area contributed by atoms with Gasteiger partial charge in [-0.05, 0) is 59.3 Å². The number of carbonyl (C=O) groups is 1. The first-order valence-corrected chi connectivity index (χ1v) is 8.78. The van der Waals surface area contributed by atoms with E-state index in [1.165, 1.54) is 20.4 Å². The number of carbonyl (C=O) groups excluding carboxylic acids is 1. The summed E-state index contributed by atoms with van der Waals surface area (Å²) in [5.74, 6) is 0.999. The Morgan fingerprint density at radius 3 is 2.65 bits per heavy atom. The second-order valence-corrected chi connectivity index (χ2v) is 6.21. The van der Waals surface area contributed by atoms with E-state index in [0.29, 0.717) is 38.6 Å². The zero-order valence-corrected chi connectivity index (χ0v) is 16.7. The van der Waals surface area contributed by atoms with Crippen molar-refractivity contribution in [3.63, 3.8) is 0 Å². The predicted molar refractivity (Wildman–Crippen MR) is 107 cm³/mol. The number of halogens is 1. The molecule has 0 aromatic heterocycles. The number of phenolic OH excluding ortho intramolecular Hbond substituents is 1. The van der Waals surface area contributed by atoms with Gasteiger partial charge < -0.3 is 19.3 Å². The van der Waals surface area contributed by atoms with Gasteiger partial charge in [0.1, 0.15) is 11.5 Å². The van der Waals surface area contributed by atoms with Gasteiger partial charge in [0, 0.05) is 6.07 Å². The van der Waals surface area contributed by atoms with E-state index >= 15 is 0 Å². The van der Waals surface area contributed by atoms with Crippen LogP contribution >= 0.6 is 22.6 Å². The molecule has 0 fully saturated rings. The van der Waals surface area contributed by atoms with Gasteiger partial charge in [0.2, 0.25) is 0 Å². The van der Waals surface area contributed by atoms with E-state index in [1.807, 2.05) is 29.5 Å². The highest BCUT2D eigenvalue weighted by atomic mass is 127. The Morgan fingerprint density at radius 2 is 2.00 bits per heavy atom. The molecule has 2 N–H and O–H groups in total. The van der Waals surface area contributed by atoms with Crippen molar-refractivity contribution in [1.82, 2.24) is 5.43 Å². The molecule has 1 amide bonds. The topological polar surface area (TPSA) is 89.4 Å². The van der Waals surface area contributed by atoms with Crippen molar-refractivity contribution in [2.45, 2.75) is 6.92 Å². The number of hydrogen-bond acceptors (Lipinski definition) is 6. The van der Waals surface area contributed by atoms with Crippen LogP contribution in [0.3, 0.4) is 0 Å². The van der Waals surface area contributed by atoms with E-state index in [2.05, 4.69) is 10.5 Å². The van der Waals surface area contributed by atoms with E-state index in [4.69, 9.17) is 14.2 Å². The summed E-state index contributed by atoms with van der Waals surface area (Å²) >= 11 is 2.00. The molecule has 138 valence electrons. The minimum atomic E-state index is -0.417. The van der Waals surface area contributed by atoms with Gasteiger partial charge in [-0.15, -0.1) is 0 Å². The summed E-state index contributed by atoms with van der Waals surface area (Å²) < 4.78 is 16.3. The number of methoxy groups -OCH3 is 2. The average molecular weight is 470 g/mol. The second kappa shape index (κ2) is 9.27. The van der Waals surface area contributed by atoms with Gasteiger partial charge in [0.05, 0.1) is 36.2 Å². The molecule has 0 atom stereocenters. The normalized spacial score (nSPS) is 10.6. The van der Waals surface area contributed by atoms with Crippen molar-refractivity contribution in [2.75, 3.05) is 20.8 Å². The number of benzene rings is 2. The van der Waals surface area contributed by atoms with Crippen LogP contribution in [0.4, 0.5) is 0 Å². The number of nitrogens with zero attached hydrogens (tertiary/aromatic N) is 1. The van der Waals surface area contributed by atoms with E-state index in [0.717, 1.165) is 0 Å². The lowest BCUT2D eigenvalue weighted by molar-refractivity contribution is 0.0952. The van der Waals surface area contributed by atoms with E-state index < -0.39 is 5.91 Å². The highest BCUT2D eigenvalue weighted by Gasteiger charge is 2.13. The maximum absolute atomic E-state index is 12.3. The summed E-state index contributed by atoms with van der Waals surface area (Å²) in [6.45, 7) is 2.26. The zero-order chi connectivity index (χ0) is 19.1. The molecular weight excluding hydrogens is 451 g/mol. The summed E-state index contributed by atoms with van der Waals surface area (Å²) in [5, 5.41) is 13.9. The quantitative estimate of drug-likeness (QED) is 0.369. The maximum atomic E-state index is 12.3. The number of aromatic hydroxyl groups is 1. The Balaban J connectivity index is 2.14. The van der Waals surface area contributed by atoms with Crippen molar-refractivity contribution in [3.05, 3.63) is 45.0 Å². The standard InChI is InChI=1S/C18H19IN2O5/c1-4-26-16-8-11(7-14(19)17(16)22)10-20-21-18(23)13-6-5-12(24-2)9-15(13)25-3/h5-10,22H,4H2,1-3H3,(H,21,23)/b20-10-. The van der Waals surface area contributed by atoms with Crippen LogP contribution in [0, 0.1) is 3.57 Å². The van der Waals surface area contributed by atoms with Crippen LogP contribution in [0.1, 0.15) is 22.8 Å². The van der Waals surface area contributed by atoms with Crippen LogP contribution in [-0.4, -0.2) is 38.1 Å². The van der Waals surface area contributed by atoms with Crippen LogP contribution in [0.15, 0.2) is 35.4 Å². The van der Waals surface area contributed by atoms with Crippen LogP contribution in [-0.2, 0) is 0 Å². The Bertz CT molecular complexity index is 823. The number of ether oxygens (including phenoxy) is 3. The van der Waals surface area contributed by atoms with Gasteiger partial charge in [-0.3, -0.25) is 4.79 Å². The van der Waals surface area contributed by atoms with Crippen molar-refractivity contribution >= 4 is 34.7 Å². The largest absolute Gasteiger partial charge is 0.504 e. The van der Waals surface area contributed by atoms with Crippen LogP contribution in [0.5, 0.6) is 23.0 Å². The molecule has 0 saturated heterocycles. The molecular formula is C18H19IN2O5. The van der Waals surface area contributed by atoms with E-state index in [-0.39, 0.29) is 5.75 Å². The van der Waals surface area contributed by atoms with Gasteiger partial charge in [-0.2, -0.15) is 5.10 Å². The smallest absolute Gasteiger partial charge is 0.275 e. The third-order valence-electron chi connectivity index (χ3n) is 3.38. The first kappa shape index (κ1) is 19.8. The molecule has 7 nitrogen and oxygen atoms in total. The number of phenols is 1. The summed E-state index contributed by atoms with van der Waals surface area (Å²) in [6.07, 6.45) is 1.47. The summed E-state index contributed by atoms with van der Waals surface area (Å²) in [4.78, 5) is 12.3. The summed E-state index contributed by atoms with van der Waals surface area (Å²) in [6, 6.07) is 8.25. The van der Waals surface area contributed by atoms with Crippen LogP contribution in [0.2, 0.25) is 0 Å². The lowest BCUT2D eigenvalue weighted by Gasteiger charge is -2.09. The van der Waals surface area contributed by atoms with E-state index in [1.54, 1.807) is 30.3 Å². The van der Waals surface area contributed by atoms with E-state index in [9.17, 15) is 9.90 Å². The molecule has 2 aromatic carbocycles. The Kier molecular flexibility index (Phi) is 7.07. The fourth-order valence-electron chi connectivity index (χ4n) is 2.15. The molecule has 0 aliphatic rings. The van der Waals surface area contributed by atoms with Crippen molar-refractivity contribution in [2.24, 2.45) is 5.10 Å². The SMILES string of the molecule is CCOc1cc(/C=N\NC(=O)c2ccc(OC)cc2OC)cc(I)c1O. The molecule has 26 heavy (non-hydrogen) atoms. The first-order chi connectivity index (χ1) is 12.5. The molecule has 0 aliphatic carbocycles. The van der Waals surface area contributed by atoms with Gasteiger partial charge in [-0.1, -0.05) is 0 Å². The second-order valence-electron chi connectivity index (χ2n) is 5.05. The average Bonchev–Trinajstić information content (AvgIpc) is 2.65. The summed E-state index contributed by atoms with van der Waals surface area (Å²) in [5.41, 5.74) is 3.46. The highest BCUT2D eigenvalue weighted by Crippen LogP contribution is 2.32. The fraction of sp³-hybridized carbons (Fsp3) is 0.222. The van der Waals surface area contributed by atoms with Gasteiger partial charge >= 0.3 is 0 Å². The molecule has 8 heteroatoms. The highest BCUT2D eigenvalue weighted by molar-refractivity contribution is 14.1.